The van der Waals surface area contributed by atoms with Crippen LogP contribution in [0.3, 0.4) is 0 Å². The Balaban J connectivity index is 1.48. The van der Waals surface area contributed by atoms with E-state index in [2.05, 4.69) is 9.97 Å². The molecule has 33 heavy (non-hydrogen) atoms. The highest BCUT2D eigenvalue weighted by atomic mass is 19.1. The quantitative estimate of drug-likeness (QED) is 0.462. The van der Waals surface area contributed by atoms with Crippen molar-refractivity contribution in [1.82, 2.24) is 19.7 Å². The Morgan fingerprint density at radius 1 is 1.03 bits per heavy atom. The number of nitrogens with two attached hydrogens (primary N) is 1. The second-order valence-electron chi connectivity index (χ2n) is 8.11. The summed E-state index contributed by atoms with van der Waals surface area (Å²) in [7, 11) is 1.41. The van der Waals surface area contributed by atoms with Crippen molar-refractivity contribution >= 4 is 16.9 Å². The van der Waals surface area contributed by atoms with Gasteiger partial charge in [-0.1, -0.05) is 6.07 Å². The van der Waals surface area contributed by atoms with E-state index in [4.69, 9.17) is 20.3 Å². The molecule has 1 aliphatic carbocycles. The van der Waals surface area contributed by atoms with E-state index in [1.807, 2.05) is 16.8 Å². The molecule has 0 amide bonds. The predicted molar refractivity (Wildman–Crippen MR) is 122 cm³/mol. The SMILES string of the molecule is COc1cccc(Oc2ccc(-c3nn([C@H]4CC[C@@H](O)CC4)c4ncnc(N)c34)cc2)c1F. The highest BCUT2D eigenvalue weighted by Crippen LogP contribution is 2.37. The standard InChI is InChI=1S/C24H24FN5O3/c1-32-18-3-2-4-19(21(18)25)33-17-11-5-14(6-12-17)22-20-23(26)27-13-28-24(20)30(29-22)15-7-9-16(31)10-8-15/h2-6,11-13,15-16,31H,7-10H2,1H3,(H2,26,27,28)/t15-,16+. The smallest absolute Gasteiger partial charge is 0.207 e. The van der Waals surface area contributed by atoms with Crippen LogP contribution in [0.15, 0.2) is 48.8 Å². The summed E-state index contributed by atoms with van der Waals surface area (Å²) >= 11 is 0. The van der Waals surface area contributed by atoms with E-state index < -0.39 is 5.82 Å². The summed E-state index contributed by atoms with van der Waals surface area (Å²) in [6.45, 7) is 0. The Kier molecular flexibility index (Phi) is 5.55. The number of rotatable bonds is 5. The Morgan fingerprint density at radius 3 is 2.48 bits per heavy atom. The van der Waals surface area contributed by atoms with Gasteiger partial charge < -0.3 is 20.3 Å². The van der Waals surface area contributed by atoms with Crippen LogP contribution < -0.4 is 15.2 Å². The number of aliphatic hydroxyl groups excluding tert-OH is 1. The average Bonchev–Trinajstić information content (AvgIpc) is 3.22. The summed E-state index contributed by atoms with van der Waals surface area (Å²) in [5, 5.41) is 15.4. The molecule has 2 aromatic heterocycles. The fraction of sp³-hybridized carbons (Fsp3) is 0.292. The van der Waals surface area contributed by atoms with E-state index in [9.17, 15) is 9.50 Å². The molecule has 2 heterocycles. The van der Waals surface area contributed by atoms with Crippen molar-refractivity contribution < 1.29 is 19.0 Å². The molecule has 1 saturated carbocycles. The van der Waals surface area contributed by atoms with Crippen molar-refractivity contribution in [3.8, 4) is 28.5 Å². The summed E-state index contributed by atoms with van der Waals surface area (Å²) in [5.41, 5.74) is 8.38. The first-order valence-electron chi connectivity index (χ1n) is 10.8. The van der Waals surface area contributed by atoms with Gasteiger partial charge in [0.25, 0.3) is 0 Å². The Bertz CT molecular complexity index is 1280. The molecule has 0 spiro atoms. The number of ether oxygens (including phenoxy) is 2. The van der Waals surface area contributed by atoms with Gasteiger partial charge in [0.05, 0.1) is 24.6 Å². The van der Waals surface area contributed by atoms with Gasteiger partial charge in [-0.15, -0.1) is 0 Å². The lowest BCUT2D eigenvalue weighted by atomic mass is 9.93. The number of hydrogen-bond acceptors (Lipinski definition) is 7. The number of halogens is 1. The molecule has 170 valence electrons. The van der Waals surface area contributed by atoms with Gasteiger partial charge in [0.1, 0.15) is 23.6 Å². The van der Waals surface area contributed by atoms with Gasteiger partial charge in [0, 0.05) is 5.56 Å². The molecule has 2 aromatic carbocycles. The number of benzene rings is 2. The third kappa shape index (κ3) is 3.95. The van der Waals surface area contributed by atoms with E-state index in [1.165, 1.54) is 19.5 Å². The Hall–Kier alpha value is -3.72. The molecule has 3 N–H and O–H groups in total. The topological polar surface area (TPSA) is 108 Å². The van der Waals surface area contributed by atoms with Crippen molar-refractivity contribution in [2.24, 2.45) is 0 Å². The van der Waals surface area contributed by atoms with Crippen LogP contribution in [-0.2, 0) is 0 Å². The first kappa shape index (κ1) is 21.1. The fourth-order valence-corrected chi connectivity index (χ4v) is 4.29. The highest BCUT2D eigenvalue weighted by molar-refractivity contribution is 5.98. The summed E-state index contributed by atoms with van der Waals surface area (Å²) < 4.78 is 27.0. The van der Waals surface area contributed by atoms with Crippen molar-refractivity contribution in [1.29, 1.82) is 0 Å². The highest BCUT2D eigenvalue weighted by Gasteiger charge is 2.26. The van der Waals surface area contributed by atoms with E-state index >= 15 is 0 Å². The molecule has 0 saturated heterocycles. The maximum absolute atomic E-state index is 14.4. The van der Waals surface area contributed by atoms with Gasteiger partial charge in [-0.3, -0.25) is 0 Å². The van der Waals surface area contributed by atoms with E-state index in [0.717, 1.165) is 31.2 Å². The van der Waals surface area contributed by atoms with Crippen LogP contribution in [0.4, 0.5) is 10.2 Å². The van der Waals surface area contributed by atoms with Crippen LogP contribution in [0, 0.1) is 5.82 Å². The minimum Gasteiger partial charge on any atom is -0.494 e. The van der Waals surface area contributed by atoms with Crippen molar-refractivity contribution in [3.05, 3.63) is 54.6 Å². The van der Waals surface area contributed by atoms with Gasteiger partial charge >= 0.3 is 0 Å². The fourth-order valence-electron chi connectivity index (χ4n) is 4.29. The lowest BCUT2D eigenvalue weighted by Crippen LogP contribution is -2.22. The molecular formula is C24H24FN5O3. The number of aromatic nitrogens is 4. The number of hydrogen-bond donors (Lipinski definition) is 2. The summed E-state index contributed by atoms with van der Waals surface area (Å²) in [6.07, 6.45) is 4.28. The first-order valence-corrected chi connectivity index (χ1v) is 10.8. The lowest BCUT2D eigenvalue weighted by molar-refractivity contribution is 0.109. The lowest BCUT2D eigenvalue weighted by Gasteiger charge is -2.25. The van der Waals surface area contributed by atoms with Crippen LogP contribution in [0.25, 0.3) is 22.3 Å². The predicted octanol–water partition coefficient (Wildman–Crippen LogP) is 4.49. The number of fused-ring (bicyclic) bond motifs is 1. The molecule has 5 rings (SSSR count). The Morgan fingerprint density at radius 2 is 1.76 bits per heavy atom. The van der Waals surface area contributed by atoms with Crippen LogP contribution >= 0.6 is 0 Å². The number of aliphatic hydroxyl groups is 1. The molecule has 0 bridgehead atoms. The van der Waals surface area contributed by atoms with Gasteiger partial charge in [-0.05, 0) is 62.1 Å². The van der Waals surface area contributed by atoms with Crippen LogP contribution in [0.2, 0.25) is 0 Å². The molecule has 0 unspecified atom stereocenters. The molecule has 1 fully saturated rings. The molecule has 4 aromatic rings. The van der Waals surface area contributed by atoms with Crippen molar-refractivity contribution in [2.75, 3.05) is 12.8 Å². The third-order valence-corrected chi connectivity index (χ3v) is 6.03. The molecule has 1 aliphatic rings. The molecule has 0 radical (unpaired) electrons. The monoisotopic (exact) mass is 449 g/mol. The second-order valence-corrected chi connectivity index (χ2v) is 8.11. The van der Waals surface area contributed by atoms with Crippen LogP contribution in [0.5, 0.6) is 17.2 Å². The summed E-state index contributed by atoms with van der Waals surface area (Å²) in [6, 6.07) is 12.1. The zero-order chi connectivity index (χ0) is 22.9. The third-order valence-electron chi connectivity index (χ3n) is 6.03. The van der Waals surface area contributed by atoms with Crippen molar-refractivity contribution in [2.45, 2.75) is 37.8 Å². The average molecular weight is 449 g/mol. The largest absolute Gasteiger partial charge is 0.494 e. The van der Waals surface area contributed by atoms with E-state index in [0.29, 0.717) is 28.3 Å². The maximum atomic E-state index is 14.4. The normalized spacial score (nSPS) is 18.4. The van der Waals surface area contributed by atoms with Crippen LogP contribution in [-0.4, -0.2) is 38.1 Å². The molecule has 0 atom stereocenters. The van der Waals surface area contributed by atoms with E-state index in [-0.39, 0.29) is 23.6 Å². The maximum Gasteiger partial charge on any atom is 0.207 e. The summed E-state index contributed by atoms with van der Waals surface area (Å²) in [4.78, 5) is 8.61. The number of nitrogen functional groups attached to an aromatic ring is 1. The first-order chi connectivity index (χ1) is 16.0. The zero-order valence-corrected chi connectivity index (χ0v) is 18.1. The number of methoxy groups -OCH3 is 1. The molecule has 0 aliphatic heterocycles. The summed E-state index contributed by atoms with van der Waals surface area (Å²) in [5.74, 6) is 0.466. The van der Waals surface area contributed by atoms with Crippen molar-refractivity contribution in [3.63, 3.8) is 0 Å². The second kappa shape index (κ2) is 8.67. The van der Waals surface area contributed by atoms with Gasteiger partial charge in [0.15, 0.2) is 17.1 Å². The molecule has 9 heteroatoms. The Labute approximate surface area is 189 Å². The molecule has 8 nitrogen and oxygen atoms in total. The zero-order valence-electron chi connectivity index (χ0n) is 18.1. The van der Waals surface area contributed by atoms with Gasteiger partial charge in [-0.25, -0.2) is 14.6 Å². The number of nitrogens with zero attached hydrogens (tertiary/aromatic N) is 4. The van der Waals surface area contributed by atoms with Gasteiger partial charge in [-0.2, -0.15) is 9.49 Å². The van der Waals surface area contributed by atoms with E-state index in [1.54, 1.807) is 24.3 Å². The minimum absolute atomic E-state index is 0.0777. The van der Waals surface area contributed by atoms with Gasteiger partial charge in [0.2, 0.25) is 5.82 Å². The molecular weight excluding hydrogens is 425 g/mol. The number of anilines is 1. The minimum atomic E-state index is -0.559. The van der Waals surface area contributed by atoms with Crippen LogP contribution in [0.1, 0.15) is 31.7 Å².